The lowest BCUT2D eigenvalue weighted by Gasteiger charge is -2.30. The van der Waals surface area contributed by atoms with Gasteiger partial charge in [-0.25, -0.2) is 0 Å². The van der Waals surface area contributed by atoms with Gasteiger partial charge in [0.1, 0.15) is 0 Å². The van der Waals surface area contributed by atoms with Gasteiger partial charge < -0.3 is 0 Å². The van der Waals surface area contributed by atoms with Crippen molar-refractivity contribution < 1.29 is 0 Å². The minimum atomic E-state index is 0.665. The molecule has 0 atom stereocenters. The Bertz CT molecular complexity index is 2270. The van der Waals surface area contributed by atoms with Gasteiger partial charge in [0.05, 0.1) is 18.8 Å². The predicted molar refractivity (Wildman–Crippen MR) is 260 cm³/mol. The Morgan fingerprint density at radius 3 is 0.881 bits per heavy atom. The van der Waals surface area contributed by atoms with E-state index in [2.05, 4.69) is 131 Å². The van der Waals surface area contributed by atoms with Crippen molar-refractivity contribution in [2.75, 3.05) is 0 Å². The van der Waals surface area contributed by atoms with Crippen molar-refractivity contribution in [2.24, 2.45) is 0 Å². The van der Waals surface area contributed by atoms with E-state index in [1.54, 1.807) is 43.1 Å². The molecular formula is C56H60S3. The Kier molecular flexibility index (Phi) is 11.1. The number of hydrogen-bond acceptors (Lipinski definition) is 3. The zero-order valence-corrected chi connectivity index (χ0v) is 37.4. The molecule has 0 spiro atoms. The van der Waals surface area contributed by atoms with Crippen molar-refractivity contribution in [3.63, 3.8) is 0 Å². The summed E-state index contributed by atoms with van der Waals surface area (Å²) in [5.41, 5.74) is 15.7. The number of thiophene rings is 3. The van der Waals surface area contributed by atoms with Crippen molar-refractivity contribution in [3.05, 3.63) is 119 Å². The largest absolute Gasteiger partial charge is 0.132 e. The third-order valence-corrected chi connectivity index (χ3v) is 19.2. The molecule has 3 aromatic heterocycles. The summed E-state index contributed by atoms with van der Waals surface area (Å²) >= 11 is 6.45. The average molecular weight is 829 g/mol. The van der Waals surface area contributed by atoms with E-state index in [1.165, 1.54) is 169 Å². The highest BCUT2D eigenvalue weighted by molar-refractivity contribution is 7.41. The van der Waals surface area contributed by atoms with Gasteiger partial charge in [-0.05, 0) is 120 Å². The molecule has 4 aliphatic rings. The molecule has 7 aromatic rings. The molecule has 0 saturated heterocycles. The molecule has 0 amide bonds. The first-order valence-corrected chi connectivity index (χ1v) is 26.2. The lowest BCUT2D eigenvalue weighted by molar-refractivity contribution is 0.437. The topological polar surface area (TPSA) is 0 Å². The molecule has 4 saturated carbocycles. The van der Waals surface area contributed by atoms with Crippen molar-refractivity contribution >= 4 is 52.8 Å². The quantitative estimate of drug-likeness (QED) is 0.143. The lowest BCUT2D eigenvalue weighted by atomic mass is 9.76. The van der Waals surface area contributed by atoms with Gasteiger partial charge in [-0.2, -0.15) is 0 Å². The molecule has 0 bridgehead atoms. The zero-order chi connectivity index (χ0) is 39.1. The van der Waals surface area contributed by atoms with E-state index in [1.807, 2.05) is 0 Å². The molecule has 3 heterocycles. The van der Waals surface area contributed by atoms with E-state index >= 15 is 0 Å². The minimum Gasteiger partial charge on any atom is -0.132 e. The van der Waals surface area contributed by atoms with Crippen LogP contribution < -0.4 is 0 Å². The first kappa shape index (κ1) is 38.4. The van der Waals surface area contributed by atoms with Crippen LogP contribution in [0.15, 0.2) is 97.1 Å². The molecule has 0 unspecified atom stereocenters. The molecule has 0 radical (unpaired) electrons. The normalized spacial score (nSPS) is 19.3. The molecule has 0 N–H and O–H groups in total. The van der Waals surface area contributed by atoms with Crippen LogP contribution in [-0.2, 0) is 0 Å². The predicted octanol–water partition coefficient (Wildman–Crippen LogP) is 19.0. The Hall–Kier alpha value is -3.50. The molecule has 4 aromatic carbocycles. The van der Waals surface area contributed by atoms with Crippen LogP contribution in [0.2, 0.25) is 0 Å². The highest BCUT2D eigenvalue weighted by atomic mass is 32.1. The monoisotopic (exact) mass is 828 g/mol. The van der Waals surface area contributed by atoms with Crippen molar-refractivity contribution in [3.8, 4) is 43.1 Å². The second-order valence-electron chi connectivity index (χ2n) is 18.7. The van der Waals surface area contributed by atoms with E-state index in [9.17, 15) is 0 Å². The van der Waals surface area contributed by atoms with Gasteiger partial charge in [-0.15, -0.1) is 34.0 Å². The minimum absolute atomic E-state index is 0.665. The highest BCUT2D eigenvalue weighted by Gasteiger charge is 2.33. The summed E-state index contributed by atoms with van der Waals surface area (Å²) in [5.74, 6) is 2.66. The number of hydrogen-bond donors (Lipinski definition) is 0. The first-order valence-electron chi connectivity index (χ1n) is 23.7. The van der Waals surface area contributed by atoms with Crippen LogP contribution in [0.3, 0.4) is 0 Å². The molecule has 59 heavy (non-hydrogen) atoms. The van der Waals surface area contributed by atoms with E-state index in [-0.39, 0.29) is 0 Å². The maximum Gasteiger partial charge on any atom is 0.0642 e. The fourth-order valence-corrected chi connectivity index (χ4v) is 17.0. The average Bonchev–Trinajstić information content (AvgIpc) is 3.99. The molecule has 0 aliphatic heterocycles. The van der Waals surface area contributed by atoms with Crippen LogP contribution in [-0.4, -0.2) is 0 Å². The number of rotatable bonds is 8. The van der Waals surface area contributed by atoms with Gasteiger partial charge in [0, 0.05) is 20.9 Å². The fraction of sp³-hybridized carbons (Fsp3) is 0.429. The molecule has 4 aliphatic carbocycles. The Labute approximate surface area is 365 Å². The molecule has 3 heteroatoms. The third-order valence-electron chi connectivity index (χ3n) is 15.2. The summed E-state index contributed by atoms with van der Waals surface area (Å²) in [7, 11) is 0. The molecule has 302 valence electrons. The van der Waals surface area contributed by atoms with E-state index < -0.39 is 0 Å². The van der Waals surface area contributed by atoms with Crippen molar-refractivity contribution in [2.45, 2.75) is 152 Å². The zero-order valence-electron chi connectivity index (χ0n) is 34.9. The van der Waals surface area contributed by atoms with Crippen LogP contribution in [0.5, 0.6) is 0 Å². The summed E-state index contributed by atoms with van der Waals surface area (Å²) in [6.07, 6.45) is 27.2. The van der Waals surface area contributed by atoms with Crippen molar-refractivity contribution in [1.82, 2.24) is 0 Å². The van der Waals surface area contributed by atoms with Crippen LogP contribution in [0.4, 0.5) is 0 Å². The first-order chi connectivity index (χ1) is 29.3. The van der Waals surface area contributed by atoms with Gasteiger partial charge in [0.2, 0.25) is 0 Å². The second kappa shape index (κ2) is 17.1. The Balaban J connectivity index is 1.20. The van der Waals surface area contributed by atoms with E-state index in [0.29, 0.717) is 23.7 Å². The summed E-state index contributed by atoms with van der Waals surface area (Å²) in [6.45, 7) is 0. The molecule has 4 fully saturated rings. The Morgan fingerprint density at radius 2 is 0.576 bits per heavy atom. The van der Waals surface area contributed by atoms with Gasteiger partial charge in [-0.3, -0.25) is 0 Å². The maximum absolute atomic E-state index is 2.56. The van der Waals surface area contributed by atoms with Gasteiger partial charge >= 0.3 is 0 Å². The lowest BCUT2D eigenvalue weighted by Crippen LogP contribution is -2.11. The highest BCUT2D eigenvalue weighted by Crippen LogP contribution is 2.60. The second-order valence-corrected chi connectivity index (χ2v) is 21.8. The summed E-state index contributed by atoms with van der Waals surface area (Å²) in [4.78, 5) is 3.12. The smallest absolute Gasteiger partial charge is 0.0642 e. The van der Waals surface area contributed by atoms with Gasteiger partial charge in [0.15, 0.2) is 0 Å². The van der Waals surface area contributed by atoms with E-state index in [0.717, 1.165) is 0 Å². The van der Waals surface area contributed by atoms with Crippen LogP contribution >= 0.6 is 34.0 Å². The van der Waals surface area contributed by atoms with Gasteiger partial charge in [-0.1, -0.05) is 174 Å². The van der Waals surface area contributed by atoms with Crippen molar-refractivity contribution in [1.29, 1.82) is 0 Å². The van der Waals surface area contributed by atoms with Crippen LogP contribution in [0.1, 0.15) is 174 Å². The van der Waals surface area contributed by atoms with Gasteiger partial charge in [0.25, 0.3) is 0 Å². The fourth-order valence-electron chi connectivity index (χ4n) is 12.2. The third kappa shape index (κ3) is 7.19. The van der Waals surface area contributed by atoms with Crippen LogP contribution in [0, 0.1) is 0 Å². The number of fused-ring (bicyclic) bond motifs is 3. The number of benzene rings is 4. The standard InChI is InChI=1S/C56H60S3/c1-7-21-37(22-8-1)43-33-19-34-44(38-23-9-2-10-24-38)49(43)51-47(41-29-15-5-16-30-41)53-55(57-51)56-54(59-53)48(42-31-17-6-18-32-42)52(58-56)50-45(39-25-11-3-12-26-39)35-20-36-46(50)40-27-13-4-14-28-40/h5-6,15-20,29-40H,1-4,7-14,21-28H2. The maximum atomic E-state index is 2.56. The molecular weight excluding hydrogens is 769 g/mol. The van der Waals surface area contributed by atoms with Crippen LogP contribution in [0.25, 0.3) is 61.9 Å². The summed E-state index contributed by atoms with van der Waals surface area (Å²) in [6, 6.07) is 38.2. The molecule has 11 rings (SSSR count). The summed E-state index contributed by atoms with van der Waals surface area (Å²) < 4.78 is 6.11. The Morgan fingerprint density at radius 1 is 0.271 bits per heavy atom. The van der Waals surface area contributed by atoms with E-state index in [4.69, 9.17) is 0 Å². The SMILES string of the molecule is c1ccc(-c2c(-c3c(C4CCCCC4)cccc3C3CCCCC3)sc3c2sc2c(-c4ccccc4)c(-c4c(C5CCCCC5)cccc4C4CCCCC4)sc23)cc1. The summed E-state index contributed by atoms with van der Waals surface area (Å²) in [5, 5.41) is 0. The molecule has 0 nitrogen and oxygen atoms in total.